The van der Waals surface area contributed by atoms with E-state index in [1.165, 1.54) is 5.56 Å². The first-order valence-electron chi connectivity index (χ1n) is 10.2. The number of aromatic nitrogens is 2. The van der Waals surface area contributed by atoms with Crippen molar-refractivity contribution in [2.45, 2.75) is 51.6 Å². The van der Waals surface area contributed by atoms with E-state index in [4.69, 9.17) is 0 Å². The van der Waals surface area contributed by atoms with Crippen LogP contribution in [-0.4, -0.2) is 39.5 Å². The van der Waals surface area contributed by atoms with Crippen LogP contribution in [0.1, 0.15) is 54.4 Å². The predicted molar refractivity (Wildman–Crippen MR) is 106 cm³/mol. The first-order chi connectivity index (χ1) is 13.1. The van der Waals surface area contributed by atoms with Crippen molar-refractivity contribution in [3.05, 3.63) is 53.6 Å². The zero-order chi connectivity index (χ0) is 18.9. The van der Waals surface area contributed by atoms with Gasteiger partial charge in [0.1, 0.15) is 5.82 Å². The molecule has 0 unspecified atom stereocenters. The number of carbonyl (C=O) groups excluding carboxylic acids is 1. The van der Waals surface area contributed by atoms with Gasteiger partial charge in [0.25, 0.3) is 5.91 Å². The van der Waals surface area contributed by atoms with Crippen LogP contribution in [-0.2, 0) is 20.0 Å². The van der Waals surface area contributed by atoms with Gasteiger partial charge in [0.15, 0.2) is 0 Å². The van der Waals surface area contributed by atoms with E-state index in [2.05, 4.69) is 34.3 Å². The van der Waals surface area contributed by atoms with Crippen molar-refractivity contribution in [3.63, 3.8) is 0 Å². The Kier molecular flexibility index (Phi) is 5.04. The fourth-order valence-corrected chi connectivity index (χ4v) is 4.52. The van der Waals surface area contributed by atoms with E-state index in [0.717, 1.165) is 56.6 Å². The Hall–Kier alpha value is -2.14. The van der Waals surface area contributed by atoms with Crippen molar-refractivity contribution in [1.82, 2.24) is 19.8 Å². The lowest BCUT2D eigenvalue weighted by Gasteiger charge is -2.29. The van der Waals surface area contributed by atoms with Gasteiger partial charge in [-0.25, -0.2) is 4.98 Å². The molecule has 2 aromatic rings. The number of aryl methyl sites for hydroxylation is 2. The minimum atomic E-state index is 0.140. The highest BCUT2D eigenvalue weighted by Gasteiger charge is 2.57. The van der Waals surface area contributed by atoms with Crippen molar-refractivity contribution in [3.8, 4) is 0 Å². The lowest BCUT2D eigenvalue weighted by atomic mass is 9.93. The molecule has 2 fully saturated rings. The van der Waals surface area contributed by atoms with E-state index in [9.17, 15) is 4.79 Å². The average molecular weight is 367 g/mol. The van der Waals surface area contributed by atoms with E-state index >= 15 is 0 Å². The summed E-state index contributed by atoms with van der Waals surface area (Å²) in [4.78, 5) is 20.0. The maximum atomic E-state index is 13.4. The minimum absolute atomic E-state index is 0.140. The Morgan fingerprint density at radius 2 is 2.04 bits per heavy atom. The van der Waals surface area contributed by atoms with Crippen molar-refractivity contribution >= 4 is 5.91 Å². The second-order valence-electron chi connectivity index (χ2n) is 8.17. The molecule has 144 valence electrons. The largest absolute Gasteiger partial charge is 0.337 e. The molecule has 1 aliphatic heterocycles. The molecule has 1 aromatic heterocycles. The maximum absolute atomic E-state index is 13.4. The van der Waals surface area contributed by atoms with Gasteiger partial charge in [0.05, 0.1) is 6.54 Å². The molecule has 1 aliphatic carbocycles. The van der Waals surface area contributed by atoms with Crippen LogP contribution >= 0.6 is 0 Å². The molecule has 1 atom stereocenters. The molecule has 4 rings (SSSR count). The molecule has 1 saturated carbocycles. The van der Waals surface area contributed by atoms with E-state index < -0.39 is 0 Å². The number of benzene rings is 1. The van der Waals surface area contributed by atoms with Crippen LogP contribution in [0.15, 0.2) is 36.7 Å². The van der Waals surface area contributed by atoms with Gasteiger partial charge in [0, 0.05) is 31.0 Å². The third-order valence-corrected chi connectivity index (χ3v) is 6.36. The molecule has 1 N–H and O–H groups in total. The summed E-state index contributed by atoms with van der Waals surface area (Å²) < 4.78 is 2.02. The van der Waals surface area contributed by atoms with Gasteiger partial charge in [-0.15, -0.1) is 0 Å². The van der Waals surface area contributed by atoms with Gasteiger partial charge in [-0.2, -0.15) is 0 Å². The van der Waals surface area contributed by atoms with Gasteiger partial charge in [-0.05, 0) is 61.9 Å². The summed E-state index contributed by atoms with van der Waals surface area (Å²) in [7, 11) is 2.00. The van der Waals surface area contributed by atoms with Crippen LogP contribution in [0.5, 0.6) is 0 Å². The first kappa shape index (κ1) is 18.2. The Balaban J connectivity index is 1.57. The number of hydrogen-bond donors (Lipinski definition) is 1. The zero-order valence-electron chi connectivity index (χ0n) is 16.4. The van der Waals surface area contributed by atoms with Gasteiger partial charge in [-0.3, -0.25) is 4.79 Å². The fraction of sp³-hybridized carbons (Fsp3) is 0.545. The third-order valence-electron chi connectivity index (χ3n) is 6.36. The number of imidazole rings is 1. The van der Waals surface area contributed by atoms with Crippen LogP contribution in [0.4, 0.5) is 0 Å². The average Bonchev–Trinajstić information content (AvgIpc) is 3.20. The van der Waals surface area contributed by atoms with E-state index in [0.29, 0.717) is 18.0 Å². The molecular weight excluding hydrogens is 336 g/mol. The van der Waals surface area contributed by atoms with Crippen molar-refractivity contribution in [1.29, 1.82) is 0 Å². The summed E-state index contributed by atoms with van der Waals surface area (Å²) in [6.07, 6.45) is 9.39. The Morgan fingerprint density at radius 1 is 1.30 bits per heavy atom. The molecule has 0 bridgehead atoms. The van der Waals surface area contributed by atoms with Gasteiger partial charge in [-0.1, -0.05) is 25.5 Å². The Bertz CT molecular complexity index is 789. The van der Waals surface area contributed by atoms with Crippen molar-refractivity contribution in [2.24, 2.45) is 12.5 Å². The molecule has 5 nitrogen and oxygen atoms in total. The van der Waals surface area contributed by atoms with Gasteiger partial charge in [0.2, 0.25) is 0 Å². The summed E-state index contributed by atoms with van der Waals surface area (Å²) in [5.74, 6) is 1.09. The molecule has 1 spiro atoms. The van der Waals surface area contributed by atoms with Crippen LogP contribution in [0.25, 0.3) is 0 Å². The maximum Gasteiger partial charge on any atom is 0.254 e. The lowest BCUT2D eigenvalue weighted by Crippen LogP contribution is -2.39. The monoisotopic (exact) mass is 366 g/mol. The highest BCUT2D eigenvalue weighted by Crippen LogP contribution is 2.56. The van der Waals surface area contributed by atoms with Gasteiger partial charge < -0.3 is 14.8 Å². The SMILES string of the molecule is CCCc1ccc(C(=O)N(Cc2nccn2C)[C@H]2CC23CCNCC3)cc1. The van der Waals surface area contributed by atoms with Crippen molar-refractivity contribution < 1.29 is 4.79 Å². The van der Waals surface area contributed by atoms with Gasteiger partial charge >= 0.3 is 0 Å². The third kappa shape index (κ3) is 3.65. The van der Waals surface area contributed by atoms with Crippen LogP contribution in [0.3, 0.4) is 0 Å². The smallest absolute Gasteiger partial charge is 0.254 e. The number of nitrogens with zero attached hydrogens (tertiary/aromatic N) is 3. The highest BCUT2D eigenvalue weighted by molar-refractivity contribution is 5.94. The number of carbonyl (C=O) groups is 1. The van der Waals surface area contributed by atoms with Crippen molar-refractivity contribution in [2.75, 3.05) is 13.1 Å². The molecular formula is C22H30N4O. The molecule has 2 heterocycles. The summed E-state index contributed by atoms with van der Waals surface area (Å²) >= 11 is 0. The molecule has 1 aromatic carbocycles. The Morgan fingerprint density at radius 3 is 2.67 bits per heavy atom. The number of piperidine rings is 1. The van der Waals surface area contributed by atoms with Crippen LogP contribution in [0, 0.1) is 5.41 Å². The quantitative estimate of drug-likeness (QED) is 0.854. The standard InChI is InChI=1S/C22H30N4O/c1-3-4-17-5-7-18(8-6-17)21(27)26(16-20-24-13-14-25(20)2)19-15-22(19)9-11-23-12-10-22/h5-8,13-14,19,23H,3-4,9-12,15-16H2,1-2H3/t19-/m0/s1. The number of amides is 1. The molecule has 1 saturated heterocycles. The van der Waals surface area contributed by atoms with Crippen LogP contribution < -0.4 is 5.32 Å². The summed E-state index contributed by atoms with van der Waals surface area (Å²) in [6.45, 7) is 4.89. The number of rotatable bonds is 6. The van der Waals surface area contributed by atoms with E-state index in [1.54, 1.807) is 0 Å². The molecule has 5 heteroatoms. The summed E-state index contributed by atoms with van der Waals surface area (Å²) in [5.41, 5.74) is 2.40. The lowest BCUT2D eigenvalue weighted by molar-refractivity contribution is 0.0685. The highest BCUT2D eigenvalue weighted by atomic mass is 16.2. The molecule has 27 heavy (non-hydrogen) atoms. The number of nitrogens with one attached hydrogen (secondary N) is 1. The number of hydrogen-bond acceptors (Lipinski definition) is 3. The summed E-state index contributed by atoms with van der Waals surface area (Å²) in [6, 6.07) is 8.53. The first-order valence-corrected chi connectivity index (χ1v) is 10.2. The van der Waals surface area contributed by atoms with Crippen LogP contribution in [0.2, 0.25) is 0 Å². The molecule has 1 amide bonds. The molecule has 0 radical (unpaired) electrons. The van der Waals surface area contributed by atoms with E-state index in [-0.39, 0.29) is 5.91 Å². The second-order valence-corrected chi connectivity index (χ2v) is 8.17. The second kappa shape index (κ2) is 7.47. The minimum Gasteiger partial charge on any atom is -0.337 e. The predicted octanol–water partition coefficient (Wildman–Crippen LogP) is 3.16. The fourth-order valence-electron chi connectivity index (χ4n) is 4.52. The normalized spacial score (nSPS) is 20.6. The topological polar surface area (TPSA) is 50.2 Å². The Labute approximate surface area is 161 Å². The summed E-state index contributed by atoms with van der Waals surface area (Å²) in [5, 5.41) is 3.45. The van der Waals surface area contributed by atoms with E-state index in [1.807, 2.05) is 36.1 Å². The zero-order valence-corrected chi connectivity index (χ0v) is 16.4. The molecule has 2 aliphatic rings.